The first-order chi connectivity index (χ1) is 12.2. The summed E-state index contributed by atoms with van der Waals surface area (Å²) in [6, 6.07) is 7.59. The number of guanidine groups is 1. The van der Waals surface area contributed by atoms with Crippen molar-refractivity contribution in [2.75, 3.05) is 64.3 Å². The lowest BCUT2D eigenvalue weighted by Crippen LogP contribution is -2.52. The lowest BCUT2D eigenvalue weighted by atomic mass is 10.1. The Bertz CT molecular complexity index is 589. The third-order valence-electron chi connectivity index (χ3n) is 5.12. The molecule has 3 rings (SSSR count). The van der Waals surface area contributed by atoms with Crippen LogP contribution in [0.5, 0.6) is 5.75 Å². The van der Waals surface area contributed by atoms with Crippen molar-refractivity contribution >= 4 is 35.6 Å². The molecule has 0 amide bonds. The van der Waals surface area contributed by atoms with Crippen LogP contribution in [0.4, 0.5) is 5.69 Å². The van der Waals surface area contributed by atoms with Crippen LogP contribution in [0.25, 0.3) is 0 Å². The van der Waals surface area contributed by atoms with Gasteiger partial charge in [-0.1, -0.05) is 12.1 Å². The normalized spacial score (nSPS) is 21.6. The summed E-state index contributed by atoms with van der Waals surface area (Å²) in [5.74, 6) is 2.08. The molecule has 0 aliphatic carbocycles. The van der Waals surface area contributed by atoms with Crippen LogP contribution in [0.1, 0.15) is 13.3 Å². The Morgan fingerprint density at radius 3 is 2.54 bits per heavy atom. The molecule has 0 bridgehead atoms. The van der Waals surface area contributed by atoms with E-state index in [1.54, 1.807) is 6.07 Å². The van der Waals surface area contributed by atoms with E-state index < -0.39 is 0 Å². The number of anilines is 1. The molecule has 26 heavy (non-hydrogen) atoms. The first-order valence-corrected chi connectivity index (χ1v) is 9.42. The molecule has 2 aliphatic heterocycles. The Morgan fingerprint density at radius 2 is 1.92 bits per heavy atom. The van der Waals surface area contributed by atoms with Crippen LogP contribution in [0, 0.1) is 5.92 Å². The van der Waals surface area contributed by atoms with Gasteiger partial charge < -0.3 is 25.1 Å². The lowest BCUT2D eigenvalue weighted by molar-refractivity contribution is 0.367. The molecule has 6 nitrogen and oxygen atoms in total. The number of halogens is 1. The van der Waals surface area contributed by atoms with E-state index in [0.29, 0.717) is 11.7 Å². The third kappa shape index (κ3) is 5.39. The predicted molar refractivity (Wildman–Crippen MR) is 119 cm³/mol. The minimum Gasteiger partial charge on any atom is -0.506 e. The summed E-state index contributed by atoms with van der Waals surface area (Å²) in [6.07, 6.45) is 1.25. The number of nitrogens with zero attached hydrogens (tertiary/aromatic N) is 4. The molecule has 2 aliphatic rings. The Kier molecular flexibility index (Phi) is 8.27. The number of benzene rings is 1. The highest BCUT2D eigenvalue weighted by atomic mass is 127. The number of likely N-dealkylation sites (tertiary alicyclic amines) is 1. The first-order valence-electron chi connectivity index (χ1n) is 9.42. The van der Waals surface area contributed by atoms with Crippen molar-refractivity contribution in [3.8, 4) is 5.75 Å². The van der Waals surface area contributed by atoms with E-state index in [0.717, 1.165) is 57.5 Å². The van der Waals surface area contributed by atoms with Crippen LogP contribution >= 0.6 is 24.0 Å². The van der Waals surface area contributed by atoms with Gasteiger partial charge in [-0.3, -0.25) is 4.99 Å². The maximum absolute atomic E-state index is 10.1. The summed E-state index contributed by atoms with van der Waals surface area (Å²) in [5.41, 5.74) is 0.929. The van der Waals surface area contributed by atoms with Crippen LogP contribution in [-0.4, -0.2) is 80.3 Å². The Balaban J connectivity index is 0.00000243. The number of para-hydroxylation sites is 2. The molecule has 7 heteroatoms. The number of piperazine rings is 1. The zero-order valence-corrected chi connectivity index (χ0v) is 18.2. The van der Waals surface area contributed by atoms with Gasteiger partial charge in [-0.25, -0.2) is 0 Å². The topological polar surface area (TPSA) is 54.3 Å². The molecule has 0 radical (unpaired) electrons. The van der Waals surface area contributed by atoms with Crippen molar-refractivity contribution in [3.05, 3.63) is 24.3 Å². The van der Waals surface area contributed by atoms with E-state index in [1.165, 1.54) is 13.0 Å². The number of hydrogen-bond acceptors (Lipinski definition) is 4. The van der Waals surface area contributed by atoms with Gasteiger partial charge in [-0.05, 0) is 45.0 Å². The molecule has 1 unspecified atom stereocenters. The second kappa shape index (κ2) is 10.2. The summed E-state index contributed by atoms with van der Waals surface area (Å²) in [6.45, 7) is 9.91. The van der Waals surface area contributed by atoms with Crippen LogP contribution in [0.2, 0.25) is 0 Å². The SMILES string of the molecule is CCNC(=NCC1CCN(C)C1)N1CCN(c2ccccc2O)CC1.I. The zero-order chi connectivity index (χ0) is 17.6. The molecular weight excluding hydrogens is 441 g/mol. The van der Waals surface area contributed by atoms with Gasteiger partial charge in [0.05, 0.1) is 5.69 Å². The highest BCUT2D eigenvalue weighted by molar-refractivity contribution is 14.0. The number of phenols is 1. The molecule has 2 N–H and O–H groups in total. The summed E-state index contributed by atoms with van der Waals surface area (Å²) < 4.78 is 0. The standard InChI is InChI=1S/C19H31N5O.HI/c1-3-20-19(21-14-16-8-9-22(2)15-16)24-12-10-23(11-13-24)17-6-4-5-7-18(17)25;/h4-7,16,25H,3,8-15H2,1-2H3,(H,20,21);1H. The van der Waals surface area contributed by atoms with Gasteiger partial charge in [0, 0.05) is 45.8 Å². The number of hydrogen-bond donors (Lipinski definition) is 2. The number of phenolic OH excluding ortho intramolecular Hbond substituents is 1. The summed E-state index contributed by atoms with van der Waals surface area (Å²) in [5, 5.41) is 13.5. The van der Waals surface area contributed by atoms with E-state index in [9.17, 15) is 5.11 Å². The largest absolute Gasteiger partial charge is 0.506 e. The maximum Gasteiger partial charge on any atom is 0.194 e. The Hall–Kier alpha value is -1.22. The molecule has 2 saturated heterocycles. The van der Waals surface area contributed by atoms with E-state index in [4.69, 9.17) is 4.99 Å². The number of aliphatic imine (C=N–C) groups is 1. The first kappa shape index (κ1) is 21.1. The van der Waals surface area contributed by atoms with Crippen molar-refractivity contribution in [3.63, 3.8) is 0 Å². The van der Waals surface area contributed by atoms with Crippen LogP contribution in [-0.2, 0) is 0 Å². The van der Waals surface area contributed by atoms with Gasteiger partial charge in [0.25, 0.3) is 0 Å². The highest BCUT2D eigenvalue weighted by Crippen LogP contribution is 2.27. The summed E-state index contributed by atoms with van der Waals surface area (Å²) in [7, 11) is 2.19. The molecule has 146 valence electrons. The average Bonchev–Trinajstić information content (AvgIpc) is 3.05. The fourth-order valence-corrected chi connectivity index (χ4v) is 3.71. The van der Waals surface area contributed by atoms with Gasteiger partial charge in [0.2, 0.25) is 0 Å². The Labute approximate surface area is 174 Å². The molecule has 2 heterocycles. The highest BCUT2D eigenvalue weighted by Gasteiger charge is 2.23. The second-order valence-corrected chi connectivity index (χ2v) is 7.07. The second-order valence-electron chi connectivity index (χ2n) is 7.07. The van der Waals surface area contributed by atoms with E-state index >= 15 is 0 Å². The van der Waals surface area contributed by atoms with Gasteiger partial charge in [0.1, 0.15) is 5.75 Å². The summed E-state index contributed by atoms with van der Waals surface area (Å²) in [4.78, 5) is 11.9. The monoisotopic (exact) mass is 473 g/mol. The third-order valence-corrected chi connectivity index (χ3v) is 5.12. The van der Waals surface area contributed by atoms with Crippen LogP contribution < -0.4 is 10.2 Å². The van der Waals surface area contributed by atoms with Crippen LogP contribution in [0.15, 0.2) is 29.3 Å². The van der Waals surface area contributed by atoms with Gasteiger partial charge in [-0.2, -0.15) is 0 Å². The molecule has 2 fully saturated rings. The van der Waals surface area contributed by atoms with E-state index in [1.807, 2.05) is 18.2 Å². The van der Waals surface area contributed by atoms with E-state index in [-0.39, 0.29) is 24.0 Å². The van der Waals surface area contributed by atoms with Gasteiger partial charge >= 0.3 is 0 Å². The molecule has 1 aromatic carbocycles. The Morgan fingerprint density at radius 1 is 1.19 bits per heavy atom. The fraction of sp³-hybridized carbons (Fsp3) is 0.632. The fourth-order valence-electron chi connectivity index (χ4n) is 3.71. The van der Waals surface area contributed by atoms with Crippen molar-refractivity contribution in [2.24, 2.45) is 10.9 Å². The number of nitrogens with one attached hydrogen (secondary N) is 1. The van der Waals surface area contributed by atoms with Crippen molar-refractivity contribution in [1.29, 1.82) is 0 Å². The molecule has 1 aromatic rings. The predicted octanol–water partition coefficient (Wildman–Crippen LogP) is 2.05. The average molecular weight is 473 g/mol. The molecule has 0 aromatic heterocycles. The summed E-state index contributed by atoms with van der Waals surface area (Å²) >= 11 is 0. The van der Waals surface area contributed by atoms with Crippen molar-refractivity contribution < 1.29 is 5.11 Å². The quantitative estimate of drug-likeness (QED) is 0.399. The maximum atomic E-state index is 10.1. The minimum atomic E-state index is 0. The molecule has 1 atom stereocenters. The van der Waals surface area contributed by atoms with Crippen molar-refractivity contribution in [2.45, 2.75) is 13.3 Å². The van der Waals surface area contributed by atoms with Gasteiger partial charge in [0.15, 0.2) is 5.96 Å². The number of aromatic hydroxyl groups is 1. The molecular formula is C19H32IN5O. The van der Waals surface area contributed by atoms with E-state index in [2.05, 4.69) is 34.0 Å². The minimum absolute atomic E-state index is 0. The lowest BCUT2D eigenvalue weighted by Gasteiger charge is -2.38. The van der Waals surface area contributed by atoms with Crippen LogP contribution in [0.3, 0.4) is 0 Å². The van der Waals surface area contributed by atoms with Gasteiger partial charge in [-0.15, -0.1) is 24.0 Å². The molecule has 0 spiro atoms. The number of rotatable bonds is 4. The molecule has 0 saturated carbocycles. The smallest absolute Gasteiger partial charge is 0.194 e. The van der Waals surface area contributed by atoms with Crippen molar-refractivity contribution in [1.82, 2.24) is 15.1 Å². The zero-order valence-electron chi connectivity index (χ0n) is 15.9.